The summed E-state index contributed by atoms with van der Waals surface area (Å²) in [5.74, 6) is -5.02. The number of alkyl halides is 3. The Balaban J connectivity index is 1.79. The second-order valence-electron chi connectivity index (χ2n) is 9.50. The summed E-state index contributed by atoms with van der Waals surface area (Å²) in [7, 11) is 0. The lowest BCUT2D eigenvalue weighted by Gasteiger charge is -2.24. The van der Waals surface area contributed by atoms with E-state index in [1.807, 2.05) is 0 Å². The summed E-state index contributed by atoms with van der Waals surface area (Å²) in [5, 5.41) is 4.73. The van der Waals surface area contributed by atoms with Crippen molar-refractivity contribution in [1.29, 1.82) is 0 Å². The van der Waals surface area contributed by atoms with E-state index >= 15 is 0 Å². The highest BCUT2D eigenvalue weighted by Crippen LogP contribution is 2.25. The molecule has 1 atom stereocenters. The zero-order valence-electron chi connectivity index (χ0n) is 24.9. The lowest BCUT2D eigenvalue weighted by molar-refractivity contribution is -0.170. The average molecular weight is 650 g/mol. The van der Waals surface area contributed by atoms with Crippen LogP contribution < -0.4 is 21.1 Å². The van der Waals surface area contributed by atoms with Crippen LogP contribution in [-0.2, 0) is 35.1 Å². The molecule has 0 aliphatic rings. The number of ether oxygens (including phenoxy) is 2. The minimum absolute atomic E-state index is 0.0140. The van der Waals surface area contributed by atoms with Gasteiger partial charge in [-0.05, 0) is 44.5 Å². The fraction of sp³-hybridized carbons (Fsp3) is 0.393. The van der Waals surface area contributed by atoms with Gasteiger partial charge in [0.1, 0.15) is 6.04 Å². The van der Waals surface area contributed by atoms with E-state index < -0.39 is 54.0 Å². The molecule has 3 amide bonds. The molecule has 1 unspecified atom stereocenters. The lowest BCUT2D eigenvalue weighted by Crippen LogP contribution is -2.43. The van der Waals surface area contributed by atoms with Crippen molar-refractivity contribution in [2.24, 2.45) is 0 Å². The molecule has 0 bridgehead atoms. The fourth-order valence-corrected chi connectivity index (χ4v) is 4.05. The van der Waals surface area contributed by atoms with Crippen molar-refractivity contribution in [3.63, 3.8) is 0 Å². The zero-order valence-corrected chi connectivity index (χ0v) is 24.9. The molecular weight excluding hydrogens is 619 g/mol. The maximum Gasteiger partial charge on any atom is 0.471 e. The van der Waals surface area contributed by atoms with E-state index in [9.17, 15) is 41.9 Å². The molecule has 18 heteroatoms. The maximum atomic E-state index is 13.5. The summed E-state index contributed by atoms with van der Waals surface area (Å²) < 4.78 is 50.4. The molecule has 2 aromatic heterocycles. The fourth-order valence-electron chi connectivity index (χ4n) is 4.05. The Kier molecular flexibility index (Phi) is 11.8. The molecule has 0 fully saturated rings. The number of fused-ring (bicyclic) bond motifs is 1. The number of benzene rings is 1. The molecule has 246 valence electrons. The monoisotopic (exact) mass is 649 g/mol. The third-order valence-electron chi connectivity index (χ3n) is 6.10. The molecule has 0 aliphatic carbocycles. The second-order valence-corrected chi connectivity index (χ2v) is 9.50. The van der Waals surface area contributed by atoms with Gasteiger partial charge in [-0.1, -0.05) is 0 Å². The van der Waals surface area contributed by atoms with E-state index in [2.05, 4.69) is 30.6 Å². The Morgan fingerprint density at radius 3 is 2.30 bits per heavy atom. The van der Waals surface area contributed by atoms with Gasteiger partial charge in [-0.2, -0.15) is 18.2 Å². The quantitative estimate of drug-likeness (QED) is 0.228. The van der Waals surface area contributed by atoms with Crippen molar-refractivity contribution in [3.05, 3.63) is 52.1 Å². The van der Waals surface area contributed by atoms with Gasteiger partial charge >= 0.3 is 24.0 Å². The maximum absolute atomic E-state index is 13.5. The van der Waals surface area contributed by atoms with Gasteiger partial charge in [-0.3, -0.25) is 34.3 Å². The summed E-state index contributed by atoms with van der Waals surface area (Å²) in [6.45, 7) is 3.97. The lowest BCUT2D eigenvalue weighted by atomic mass is 10.1. The molecule has 15 nitrogen and oxygen atoms in total. The highest BCUT2D eigenvalue weighted by Gasteiger charge is 2.43. The van der Waals surface area contributed by atoms with Gasteiger partial charge in [-0.15, -0.1) is 0 Å². The van der Waals surface area contributed by atoms with Crippen LogP contribution in [-0.4, -0.2) is 81.6 Å². The van der Waals surface area contributed by atoms with Crippen LogP contribution in [0, 0.1) is 0 Å². The number of carbonyl (C=O) groups is 5. The second kappa shape index (κ2) is 15.5. The molecule has 46 heavy (non-hydrogen) atoms. The molecule has 0 radical (unpaired) electrons. The zero-order chi connectivity index (χ0) is 34.0. The van der Waals surface area contributed by atoms with Crippen molar-refractivity contribution in [3.8, 4) is 0 Å². The molecule has 2 heterocycles. The largest absolute Gasteiger partial charge is 0.471 e. The molecular formula is C28H30F3N7O8. The van der Waals surface area contributed by atoms with Crippen LogP contribution in [0.1, 0.15) is 49.7 Å². The third-order valence-corrected chi connectivity index (χ3v) is 6.10. The number of nitrogens with one attached hydrogen (secondary N) is 3. The molecule has 0 saturated heterocycles. The van der Waals surface area contributed by atoms with E-state index in [1.165, 1.54) is 6.92 Å². The van der Waals surface area contributed by atoms with Gasteiger partial charge in [0.05, 0.1) is 25.1 Å². The number of aromatic amines is 1. The predicted molar refractivity (Wildman–Crippen MR) is 155 cm³/mol. The summed E-state index contributed by atoms with van der Waals surface area (Å²) in [4.78, 5) is 87.7. The molecule has 0 saturated carbocycles. The number of hydrogen-bond donors (Lipinski definition) is 3. The van der Waals surface area contributed by atoms with Gasteiger partial charge in [0.25, 0.3) is 11.5 Å². The number of aromatic nitrogens is 4. The Labute approximate surface area is 258 Å². The van der Waals surface area contributed by atoms with E-state index in [4.69, 9.17) is 9.47 Å². The first-order chi connectivity index (χ1) is 21.7. The van der Waals surface area contributed by atoms with E-state index in [0.29, 0.717) is 4.90 Å². The molecule has 3 rings (SSSR count). The normalized spacial score (nSPS) is 11.8. The predicted octanol–water partition coefficient (Wildman–Crippen LogP) is 1.81. The first kappa shape index (κ1) is 35.1. The number of hydrogen-bond acceptors (Lipinski definition) is 11. The highest BCUT2D eigenvalue weighted by molar-refractivity contribution is 5.99. The average Bonchev–Trinajstić information content (AvgIpc) is 2.99. The topological polar surface area (TPSA) is 203 Å². The van der Waals surface area contributed by atoms with Gasteiger partial charge in [0, 0.05) is 37.6 Å². The Morgan fingerprint density at radius 1 is 1.02 bits per heavy atom. The Morgan fingerprint density at radius 2 is 1.70 bits per heavy atom. The Bertz CT molecular complexity index is 1660. The Hall–Kier alpha value is -5.42. The van der Waals surface area contributed by atoms with Gasteiger partial charge in [0.2, 0.25) is 11.9 Å². The number of nitrogens with zero attached hydrogens (tertiary/aromatic N) is 4. The molecule has 3 N–H and O–H groups in total. The van der Waals surface area contributed by atoms with E-state index in [1.54, 1.807) is 13.8 Å². The van der Waals surface area contributed by atoms with Crippen LogP contribution in [0.15, 0.2) is 35.3 Å². The first-order valence-corrected chi connectivity index (χ1v) is 13.9. The summed E-state index contributed by atoms with van der Waals surface area (Å²) >= 11 is 0. The van der Waals surface area contributed by atoms with Crippen LogP contribution in [0.5, 0.6) is 0 Å². The molecule has 3 aromatic rings. The number of rotatable bonds is 13. The minimum atomic E-state index is -5.25. The molecule has 1 aromatic carbocycles. The number of carbonyl (C=O) groups excluding carboxylic acids is 5. The smallest absolute Gasteiger partial charge is 0.466 e. The number of esters is 2. The highest BCUT2D eigenvalue weighted by atomic mass is 19.4. The molecule has 0 aliphatic heterocycles. The van der Waals surface area contributed by atoms with Crippen LogP contribution in [0.25, 0.3) is 11.2 Å². The van der Waals surface area contributed by atoms with Crippen LogP contribution in [0.3, 0.4) is 0 Å². The van der Waals surface area contributed by atoms with Crippen LogP contribution >= 0.6 is 0 Å². The summed E-state index contributed by atoms with van der Waals surface area (Å²) in [6.07, 6.45) is -4.65. The van der Waals surface area contributed by atoms with E-state index in [0.717, 1.165) is 30.5 Å². The van der Waals surface area contributed by atoms with Gasteiger partial charge in [-0.25, -0.2) is 14.8 Å². The standard InChI is InChI=1S/C28H30F3N7O8/c1-4-45-20(40)11-10-19(25(43)46-5-2)35-23(41)16-6-8-18(9-7-16)38(26(44)28(29,30)31)13-12-17-14-32-22-21(34-17)24(42)37-27(36-22)33-15(3)39/h6-9,14,19H,4-5,10-13H2,1-3H3,(H,35,41)(H2,32,33,36,37,39,42). The summed E-state index contributed by atoms with van der Waals surface area (Å²) in [6, 6.07) is 3.33. The number of amides is 3. The van der Waals surface area contributed by atoms with Crippen LogP contribution in [0.2, 0.25) is 0 Å². The van der Waals surface area contributed by atoms with Gasteiger partial charge in [0.15, 0.2) is 11.2 Å². The van der Waals surface area contributed by atoms with Crippen molar-refractivity contribution in [2.45, 2.75) is 52.3 Å². The van der Waals surface area contributed by atoms with Crippen molar-refractivity contribution < 1.29 is 46.6 Å². The first-order valence-electron chi connectivity index (χ1n) is 13.9. The van der Waals surface area contributed by atoms with Gasteiger partial charge < -0.3 is 19.7 Å². The number of anilines is 2. The minimum Gasteiger partial charge on any atom is -0.466 e. The van der Waals surface area contributed by atoms with Crippen molar-refractivity contribution in [1.82, 2.24) is 25.3 Å². The number of H-pyrrole nitrogens is 1. The summed E-state index contributed by atoms with van der Waals surface area (Å²) in [5.41, 5.74) is -1.32. The van der Waals surface area contributed by atoms with Crippen LogP contribution in [0.4, 0.5) is 24.8 Å². The SMILES string of the molecule is CCOC(=O)CCC(NC(=O)c1ccc(N(CCc2cnc3nc(NC(C)=O)[nH]c(=O)c3n2)C(=O)C(F)(F)F)cc1)C(=O)OCC. The molecule has 0 spiro atoms. The number of halogens is 3. The van der Waals surface area contributed by atoms with Crippen molar-refractivity contribution >= 4 is 52.5 Å². The van der Waals surface area contributed by atoms with E-state index in [-0.39, 0.29) is 66.5 Å². The third kappa shape index (κ3) is 9.54. The van der Waals surface area contributed by atoms with Crippen molar-refractivity contribution in [2.75, 3.05) is 30.0 Å².